The molecular weight excluding hydrogens is 408 g/mol. The second kappa shape index (κ2) is 8.08. The molecule has 3 heterocycles. The van der Waals surface area contributed by atoms with Crippen molar-refractivity contribution in [3.8, 4) is 11.5 Å². The third-order valence-corrected chi connectivity index (χ3v) is 6.64. The van der Waals surface area contributed by atoms with Gasteiger partial charge in [-0.25, -0.2) is 0 Å². The third kappa shape index (κ3) is 4.11. The van der Waals surface area contributed by atoms with Gasteiger partial charge in [0.05, 0.1) is 12.3 Å². The van der Waals surface area contributed by atoms with Crippen LogP contribution in [0.4, 0.5) is 5.69 Å². The maximum Gasteiger partial charge on any atom is 0.237 e. The number of aromatic nitrogens is 3. The number of hydrogen-bond donors (Lipinski definition) is 0. The lowest BCUT2D eigenvalue weighted by molar-refractivity contribution is -0.116. The molecule has 0 radical (unpaired) electrons. The van der Waals surface area contributed by atoms with Crippen LogP contribution in [0, 0.1) is 0 Å². The van der Waals surface area contributed by atoms with Crippen molar-refractivity contribution in [1.29, 1.82) is 0 Å². The quantitative estimate of drug-likeness (QED) is 0.534. The Morgan fingerprint density at radius 1 is 1.24 bits per heavy atom. The number of nitrogens with zero attached hydrogens (tertiary/aromatic N) is 4. The van der Waals surface area contributed by atoms with E-state index in [0.717, 1.165) is 34.3 Å². The largest absolute Gasteiger partial charge is 0.486 e. The van der Waals surface area contributed by atoms with Gasteiger partial charge in [0.2, 0.25) is 5.91 Å². The molecule has 1 aromatic carbocycles. The lowest BCUT2D eigenvalue weighted by Gasteiger charge is -2.25. The molecule has 0 N–H and O–H groups in total. The number of thiophene rings is 1. The number of benzene rings is 1. The van der Waals surface area contributed by atoms with E-state index in [9.17, 15) is 4.79 Å². The smallest absolute Gasteiger partial charge is 0.237 e. The minimum Gasteiger partial charge on any atom is -0.486 e. The van der Waals surface area contributed by atoms with Crippen molar-refractivity contribution in [2.45, 2.75) is 30.6 Å². The Labute approximate surface area is 176 Å². The van der Waals surface area contributed by atoms with Crippen LogP contribution < -0.4 is 14.4 Å². The number of ether oxygens (including phenoxy) is 2. The molecule has 0 saturated heterocycles. The van der Waals surface area contributed by atoms with E-state index in [1.807, 2.05) is 35.7 Å². The lowest BCUT2D eigenvalue weighted by Crippen LogP contribution is -2.32. The highest BCUT2D eigenvalue weighted by Gasteiger charge is 2.27. The van der Waals surface area contributed by atoms with Crippen molar-refractivity contribution in [3.05, 3.63) is 46.9 Å². The molecule has 1 fully saturated rings. The van der Waals surface area contributed by atoms with Crippen molar-refractivity contribution >= 4 is 34.7 Å². The number of thioether (sulfide) groups is 1. The Kier molecular flexibility index (Phi) is 5.15. The standard InChI is InChI=1S/C20H20N4O3S2/c25-19(12-29-20-22-21-13-24(20)14-3-4-14)23(11-16-2-1-9-28-16)15-5-6-17-18(10-15)27-8-7-26-17/h1-2,5-6,9-10,13-14H,3-4,7-8,11-12H2. The zero-order valence-electron chi connectivity index (χ0n) is 15.7. The van der Waals surface area contributed by atoms with Gasteiger partial charge < -0.3 is 18.9 Å². The van der Waals surface area contributed by atoms with Crippen molar-refractivity contribution in [3.63, 3.8) is 0 Å². The summed E-state index contributed by atoms with van der Waals surface area (Å²) in [4.78, 5) is 16.1. The Hall–Kier alpha value is -2.52. The van der Waals surface area contributed by atoms with Gasteiger partial charge in [-0.15, -0.1) is 21.5 Å². The summed E-state index contributed by atoms with van der Waals surface area (Å²) in [6.45, 7) is 1.58. The fourth-order valence-corrected chi connectivity index (χ4v) is 4.78. The van der Waals surface area contributed by atoms with Gasteiger partial charge in [-0.05, 0) is 36.4 Å². The Bertz CT molecular complexity index is 1000. The van der Waals surface area contributed by atoms with Crippen LogP contribution in [0.15, 0.2) is 47.2 Å². The Morgan fingerprint density at radius 3 is 2.90 bits per heavy atom. The highest BCUT2D eigenvalue weighted by atomic mass is 32.2. The summed E-state index contributed by atoms with van der Waals surface area (Å²) in [5, 5.41) is 11.0. The minimum atomic E-state index is 0.0189. The predicted molar refractivity (Wildman–Crippen MR) is 112 cm³/mol. The SMILES string of the molecule is O=C(CSc1nncn1C1CC1)N(Cc1cccs1)c1ccc2c(c1)OCCO2. The van der Waals surface area contributed by atoms with Gasteiger partial charge in [0.15, 0.2) is 16.7 Å². The molecule has 1 aliphatic heterocycles. The lowest BCUT2D eigenvalue weighted by atomic mass is 10.2. The molecule has 1 amide bonds. The fourth-order valence-electron chi connectivity index (χ4n) is 3.22. The molecule has 1 aliphatic carbocycles. The van der Waals surface area contributed by atoms with Crippen LogP contribution in [0.5, 0.6) is 11.5 Å². The summed E-state index contributed by atoms with van der Waals surface area (Å²) < 4.78 is 13.4. The Morgan fingerprint density at radius 2 is 2.10 bits per heavy atom. The zero-order chi connectivity index (χ0) is 19.6. The van der Waals surface area contributed by atoms with Gasteiger partial charge in [0, 0.05) is 22.7 Å². The maximum atomic E-state index is 13.2. The molecule has 2 aromatic heterocycles. The monoisotopic (exact) mass is 428 g/mol. The van der Waals surface area contributed by atoms with Crippen molar-refractivity contribution in [2.75, 3.05) is 23.9 Å². The van der Waals surface area contributed by atoms with Crippen LogP contribution in [-0.2, 0) is 11.3 Å². The van der Waals surface area contributed by atoms with E-state index < -0.39 is 0 Å². The number of carbonyl (C=O) groups excluding carboxylic acids is 1. The number of fused-ring (bicyclic) bond motifs is 1. The molecule has 0 atom stereocenters. The van der Waals surface area contributed by atoms with E-state index in [1.165, 1.54) is 11.8 Å². The topological polar surface area (TPSA) is 69.5 Å². The van der Waals surface area contributed by atoms with Gasteiger partial charge in [0.25, 0.3) is 0 Å². The molecule has 5 rings (SSSR count). The second-order valence-corrected chi connectivity index (χ2v) is 8.90. The van der Waals surface area contributed by atoms with Crippen LogP contribution in [-0.4, -0.2) is 39.6 Å². The van der Waals surface area contributed by atoms with Crippen LogP contribution in [0.2, 0.25) is 0 Å². The van der Waals surface area contributed by atoms with Gasteiger partial charge in [0.1, 0.15) is 19.5 Å². The van der Waals surface area contributed by atoms with Gasteiger partial charge in [-0.3, -0.25) is 4.79 Å². The molecule has 3 aromatic rings. The predicted octanol–water partition coefficient (Wildman–Crippen LogP) is 3.77. The van der Waals surface area contributed by atoms with E-state index >= 15 is 0 Å². The van der Waals surface area contributed by atoms with Crippen molar-refractivity contribution in [2.24, 2.45) is 0 Å². The summed E-state index contributed by atoms with van der Waals surface area (Å²) in [6.07, 6.45) is 4.07. The molecule has 2 aliphatic rings. The first-order valence-electron chi connectivity index (χ1n) is 9.52. The van der Waals surface area contributed by atoms with Gasteiger partial charge >= 0.3 is 0 Å². The molecule has 7 nitrogen and oxygen atoms in total. The number of rotatable bonds is 7. The number of amides is 1. The molecule has 9 heteroatoms. The van der Waals surface area contributed by atoms with Crippen LogP contribution >= 0.6 is 23.1 Å². The third-order valence-electron chi connectivity index (χ3n) is 4.84. The van der Waals surface area contributed by atoms with Crippen molar-refractivity contribution < 1.29 is 14.3 Å². The van der Waals surface area contributed by atoms with E-state index in [1.54, 1.807) is 22.6 Å². The number of carbonyl (C=O) groups is 1. The first kappa shape index (κ1) is 18.5. The summed E-state index contributed by atoms with van der Waals surface area (Å²) in [5.41, 5.74) is 0.803. The molecule has 29 heavy (non-hydrogen) atoms. The molecule has 150 valence electrons. The molecule has 0 unspecified atom stereocenters. The van der Waals surface area contributed by atoms with Gasteiger partial charge in [-0.2, -0.15) is 0 Å². The summed E-state index contributed by atoms with van der Waals surface area (Å²) >= 11 is 3.08. The van der Waals surface area contributed by atoms with E-state index in [4.69, 9.17) is 9.47 Å². The summed E-state index contributed by atoms with van der Waals surface area (Å²) in [5.74, 6) is 1.71. The first-order valence-corrected chi connectivity index (χ1v) is 11.4. The van der Waals surface area contributed by atoms with E-state index in [0.29, 0.717) is 37.3 Å². The summed E-state index contributed by atoms with van der Waals surface area (Å²) in [7, 11) is 0. The number of hydrogen-bond acceptors (Lipinski definition) is 7. The highest BCUT2D eigenvalue weighted by molar-refractivity contribution is 7.99. The molecule has 1 saturated carbocycles. The average molecular weight is 429 g/mol. The second-order valence-electron chi connectivity index (χ2n) is 6.93. The minimum absolute atomic E-state index is 0.0189. The molecule has 0 bridgehead atoms. The average Bonchev–Trinajstić information content (AvgIpc) is 3.25. The maximum absolute atomic E-state index is 13.2. The van der Waals surface area contributed by atoms with Crippen molar-refractivity contribution in [1.82, 2.24) is 14.8 Å². The molecular formula is C20H20N4O3S2. The fraction of sp³-hybridized carbons (Fsp3) is 0.350. The van der Waals surface area contributed by atoms with E-state index in [2.05, 4.69) is 14.8 Å². The normalized spacial score (nSPS) is 15.3. The van der Waals surface area contributed by atoms with Crippen LogP contribution in [0.3, 0.4) is 0 Å². The molecule has 0 spiro atoms. The number of anilines is 1. The van der Waals surface area contributed by atoms with Crippen LogP contribution in [0.1, 0.15) is 23.8 Å². The zero-order valence-corrected chi connectivity index (χ0v) is 17.3. The first-order chi connectivity index (χ1) is 14.3. The highest BCUT2D eigenvalue weighted by Crippen LogP contribution is 2.38. The summed E-state index contributed by atoms with van der Waals surface area (Å²) in [6, 6.07) is 10.2. The van der Waals surface area contributed by atoms with E-state index in [-0.39, 0.29) is 5.91 Å². The van der Waals surface area contributed by atoms with Crippen LogP contribution in [0.25, 0.3) is 0 Å². The Balaban J connectivity index is 1.36. The van der Waals surface area contributed by atoms with Gasteiger partial charge in [-0.1, -0.05) is 17.8 Å².